The first kappa shape index (κ1) is 23.7. The summed E-state index contributed by atoms with van der Waals surface area (Å²) in [4.78, 5) is 23.6. The van der Waals surface area contributed by atoms with Crippen LogP contribution >= 0.6 is 0 Å². The zero-order valence-electron chi connectivity index (χ0n) is 17.2. The molecule has 2 aromatic carbocycles. The molecule has 1 heterocycles. The van der Waals surface area contributed by atoms with E-state index in [1.54, 1.807) is 0 Å². The van der Waals surface area contributed by atoms with Crippen molar-refractivity contribution in [2.75, 3.05) is 20.8 Å². The van der Waals surface area contributed by atoms with Gasteiger partial charge in [0.05, 0.1) is 41.8 Å². The molecule has 3 rings (SSSR count). The summed E-state index contributed by atoms with van der Waals surface area (Å²) in [5.41, 5.74) is -1.48. The van der Waals surface area contributed by atoms with Gasteiger partial charge in [-0.05, 0) is 42.7 Å². The number of halogens is 3. The van der Waals surface area contributed by atoms with Crippen LogP contribution in [0.4, 0.5) is 13.2 Å². The maximum absolute atomic E-state index is 13.5. The fourth-order valence-electron chi connectivity index (χ4n) is 3.74. The number of benzene rings is 2. The van der Waals surface area contributed by atoms with Crippen LogP contribution in [-0.4, -0.2) is 45.4 Å². The highest BCUT2D eigenvalue weighted by atomic mass is 32.2. The molecule has 1 unspecified atom stereocenters. The third kappa shape index (κ3) is 4.49. The highest BCUT2D eigenvalue weighted by molar-refractivity contribution is 7.89. The number of ether oxygens (including phenoxy) is 2. The summed E-state index contributed by atoms with van der Waals surface area (Å²) in [6.45, 7) is -0.0187. The molecule has 1 saturated heterocycles. The Hall–Kier alpha value is -2.92. The fourth-order valence-corrected chi connectivity index (χ4v) is 5.49. The van der Waals surface area contributed by atoms with Crippen LogP contribution < -0.4 is 0 Å². The molecular formula is C21H20F3NO6S. The molecule has 0 spiro atoms. The minimum absolute atomic E-state index is 0.0187. The topological polar surface area (TPSA) is 90.0 Å². The second-order valence-corrected chi connectivity index (χ2v) is 8.98. The Morgan fingerprint density at radius 1 is 1.00 bits per heavy atom. The largest absolute Gasteiger partial charge is 0.465 e. The van der Waals surface area contributed by atoms with Gasteiger partial charge in [-0.2, -0.15) is 17.5 Å². The number of carbonyl (C=O) groups is 2. The molecule has 0 aromatic heterocycles. The van der Waals surface area contributed by atoms with E-state index >= 15 is 0 Å². The molecule has 32 heavy (non-hydrogen) atoms. The van der Waals surface area contributed by atoms with Gasteiger partial charge in [0.2, 0.25) is 10.0 Å². The fraction of sp³-hybridized carbons (Fsp3) is 0.333. The van der Waals surface area contributed by atoms with Crippen molar-refractivity contribution in [1.82, 2.24) is 4.31 Å². The third-order valence-electron chi connectivity index (χ3n) is 5.18. The molecule has 0 radical (unpaired) electrons. The summed E-state index contributed by atoms with van der Waals surface area (Å²) >= 11 is 0. The minimum Gasteiger partial charge on any atom is -0.465 e. The Morgan fingerprint density at radius 2 is 1.56 bits per heavy atom. The molecule has 1 atom stereocenters. The van der Waals surface area contributed by atoms with Gasteiger partial charge in [-0.15, -0.1) is 0 Å². The van der Waals surface area contributed by atoms with Crippen molar-refractivity contribution in [3.05, 3.63) is 64.7 Å². The molecule has 0 aliphatic carbocycles. The lowest BCUT2D eigenvalue weighted by Gasteiger charge is -2.27. The average molecular weight is 471 g/mol. The second kappa shape index (κ2) is 8.91. The first-order valence-corrected chi connectivity index (χ1v) is 10.9. The number of hydrogen-bond acceptors (Lipinski definition) is 6. The molecule has 1 aliphatic heterocycles. The quantitative estimate of drug-likeness (QED) is 0.617. The third-order valence-corrected chi connectivity index (χ3v) is 7.07. The van der Waals surface area contributed by atoms with Gasteiger partial charge in [0.1, 0.15) is 0 Å². The monoisotopic (exact) mass is 471 g/mol. The number of sulfonamides is 1. The highest BCUT2D eigenvalue weighted by Crippen LogP contribution is 2.42. The zero-order chi connectivity index (χ0) is 23.7. The number of carbonyl (C=O) groups excluding carboxylic acids is 2. The Balaban J connectivity index is 2.12. The number of nitrogens with zero attached hydrogens (tertiary/aromatic N) is 1. The summed E-state index contributed by atoms with van der Waals surface area (Å²) in [7, 11) is -2.20. The normalized spacial score (nSPS) is 17.2. The SMILES string of the molecule is COC(=O)c1cc(C(=O)OC)cc(S(=O)(=O)N2CCCC2c2ccccc2C(F)(F)F)c1. The predicted octanol–water partition coefficient (Wildman–Crippen LogP) is 3.80. The lowest BCUT2D eigenvalue weighted by molar-refractivity contribution is -0.138. The Kier molecular flexibility index (Phi) is 6.61. The first-order valence-electron chi connectivity index (χ1n) is 9.50. The van der Waals surface area contributed by atoms with Crippen LogP contribution in [0, 0.1) is 0 Å². The van der Waals surface area contributed by atoms with E-state index < -0.39 is 44.6 Å². The van der Waals surface area contributed by atoms with Crippen LogP contribution in [0.15, 0.2) is 47.4 Å². The van der Waals surface area contributed by atoms with Crippen molar-refractivity contribution in [2.45, 2.75) is 30.0 Å². The van der Waals surface area contributed by atoms with Gasteiger partial charge in [0.25, 0.3) is 0 Å². The first-order chi connectivity index (χ1) is 15.0. The van der Waals surface area contributed by atoms with Gasteiger partial charge in [0.15, 0.2) is 0 Å². The van der Waals surface area contributed by atoms with E-state index in [1.807, 2.05) is 0 Å². The van der Waals surface area contributed by atoms with E-state index in [2.05, 4.69) is 9.47 Å². The minimum atomic E-state index is -4.66. The van der Waals surface area contributed by atoms with Crippen LogP contribution in [0.25, 0.3) is 0 Å². The molecule has 0 amide bonds. The van der Waals surface area contributed by atoms with Gasteiger partial charge in [-0.25, -0.2) is 18.0 Å². The van der Waals surface area contributed by atoms with Crippen molar-refractivity contribution in [1.29, 1.82) is 0 Å². The summed E-state index contributed by atoms with van der Waals surface area (Å²) in [6.07, 6.45) is -4.12. The van der Waals surface area contributed by atoms with Gasteiger partial charge in [-0.1, -0.05) is 18.2 Å². The van der Waals surface area contributed by atoms with E-state index in [0.29, 0.717) is 6.42 Å². The maximum Gasteiger partial charge on any atom is 0.416 e. The average Bonchev–Trinajstić information content (AvgIpc) is 3.27. The Morgan fingerprint density at radius 3 is 2.09 bits per heavy atom. The molecule has 11 heteroatoms. The molecular weight excluding hydrogens is 451 g/mol. The zero-order valence-corrected chi connectivity index (χ0v) is 18.0. The smallest absolute Gasteiger partial charge is 0.416 e. The lowest BCUT2D eigenvalue weighted by Crippen LogP contribution is -2.32. The van der Waals surface area contributed by atoms with E-state index in [-0.39, 0.29) is 29.7 Å². The summed E-state index contributed by atoms with van der Waals surface area (Å²) in [6, 6.07) is 6.94. The summed E-state index contributed by atoms with van der Waals surface area (Å²) in [5, 5.41) is 0. The van der Waals surface area contributed by atoms with Crippen molar-refractivity contribution < 1.29 is 40.7 Å². The lowest BCUT2D eigenvalue weighted by atomic mass is 9.99. The van der Waals surface area contributed by atoms with Crippen molar-refractivity contribution in [2.24, 2.45) is 0 Å². The predicted molar refractivity (Wildman–Crippen MR) is 106 cm³/mol. The van der Waals surface area contributed by atoms with Crippen LogP contribution in [0.5, 0.6) is 0 Å². The number of esters is 2. The van der Waals surface area contributed by atoms with E-state index in [1.165, 1.54) is 18.2 Å². The maximum atomic E-state index is 13.5. The molecule has 0 N–H and O–H groups in total. The van der Waals surface area contributed by atoms with Crippen LogP contribution in [-0.2, 0) is 25.7 Å². The standard InChI is InChI=1S/C21H20F3NO6S/c1-30-19(26)13-10-14(20(27)31-2)12-15(11-13)32(28,29)25-9-5-8-18(25)16-6-3-4-7-17(16)21(22,23)24/h3-4,6-7,10-12,18H,5,8-9H2,1-2H3. The summed E-state index contributed by atoms with van der Waals surface area (Å²) in [5.74, 6) is -1.76. The summed E-state index contributed by atoms with van der Waals surface area (Å²) < 4.78 is 77.7. The Bertz CT molecular complexity index is 1110. The van der Waals surface area contributed by atoms with Crippen molar-refractivity contribution in [3.63, 3.8) is 0 Å². The van der Waals surface area contributed by atoms with Crippen molar-refractivity contribution in [3.8, 4) is 0 Å². The molecule has 1 fully saturated rings. The molecule has 2 aromatic rings. The number of alkyl halides is 3. The number of rotatable bonds is 5. The van der Waals surface area contributed by atoms with Crippen molar-refractivity contribution >= 4 is 22.0 Å². The molecule has 7 nitrogen and oxygen atoms in total. The van der Waals surface area contributed by atoms with Crippen LogP contribution in [0.1, 0.15) is 50.7 Å². The Labute approximate surface area is 182 Å². The van der Waals surface area contributed by atoms with E-state index in [0.717, 1.165) is 42.8 Å². The van der Waals surface area contributed by atoms with Gasteiger partial charge < -0.3 is 9.47 Å². The molecule has 0 bridgehead atoms. The van der Waals surface area contributed by atoms with Gasteiger partial charge in [-0.3, -0.25) is 0 Å². The van der Waals surface area contributed by atoms with Crippen LogP contribution in [0.2, 0.25) is 0 Å². The van der Waals surface area contributed by atoms with Crippen LogP contribution in [0.3, 0.4) is 0 Å². The second-order valence-electron chi connectivity index (χ2n) is 7.09. The van der Waals surface area contributed by atoms with Gasteiger partial charge >= 0.3 is 18.1 Å². The molecule has 172 valence electrons. The van der Waals surface area contributed by atoms with E-state index in [9.17, 15) is 31.2 Å². The number of methoxy groups -OCH3 is 2. The molecule has 0 saturated carbocycles. The highest BCUT2D eigenvalue weighted by Gasteiger charge is 2.42. The number of hydrogen-bond donors (Lipinski definition) is 0. The molecule has 1 aliphatic rings. The van der Waals surface area contributed by atoms with Gasteiger partial charge in [0, 0.05) is 6.54 Å². The van der Waals surface area contributed by atoms with E-state index in [4.69, 9.17) is 0 Å².